The summed E-state index contributed by atoms with van der Waals surface area (Å²) in [5.74, 6) is -1.22. The third-order valence-electron chi connectivity index (χ3n) is 3.04. The average molecular weight is 262 g/mol. The van der Waals surface area contributed by atoms with Gasteiger partial charge in [-0.25, -0.2) is 8.78 Å². The zero-order valence-electron chi connectivity index (χ0n) is 10.9. The van der Waals surface area contributed by atoms with E-state index in [2.05, 4.69) is 0 Å². The lowest BCUT2D eigenvalue weighted by molar-refractivity contribution is 0.566. The molecule has 0 aliphatic carbocycles. The molecule has 2 N–H and O–H groups in total. The Balaban J connectivity index is 2.38. The van der Waals surface area contributed by atoms with Crippen molar-refractivity contribution in [2.45, 2.75) is 6.04 Å². The van der Waals surface area contributed by atoms with Crippen LogP contribution in [0.2, 0.25) is 0 Å². The molecule has 0 aliphatic heterocycles. The van der Waals surface area contributed by atoms with E-state index in [1.807, 2.05) is 43.3 Å². The molecule has 1 atom stereocenters. The zero-order chi connectivity index (χ0) is 14.0. The first kappa shape index (κ1) is 13.5. The van der Waals surface area contributed by atoms with Gasteiger partial charge in [0.25, 0.3) is 0 Å². The van der Waals surface area contributed by atoms with Crippen LogP contribution in [-0.4, -0.2) is 14.1 Å². The lowest BCUT2D eigenvalue weighted by Gasteiger charge is -2.17. The van der Waals surface area contributed by atoms with Gasteiger partial charge in [0.2, 0.25) is 0 Å². The number of rotatable bonds is 3. The molecule has 4 heteroatoms. The first-order valence-corrected chi connectivity index (χ1v) is 5.97. The van der Waals surface area contributed by atoms with E-state index < -0.39 is 17.7 Å². The van der Waals surface area contributed by atoms with Crippen LogP contribution in [0.1, 0.15) is 17.2 Å². The summed E-state index contributed by atoms with van der Waals surface area (Å²) in [6, 6.07) is 10.4. The standard InChI is InChI=1S/C15H16F2N2/c1-19(2)12-5-3-4-10(8-12)15(18)13-7-6-11(16)9-14(13)17/h3-9,15H,18H2,1-2H3. The Labute approximate surface area is 111 Å². The molecule has 0 spiro atoms. The van der Waals surface area contributed by atoms with Crippen LogP contribution in [0.25, 0.3) is 0 Å². The van der Waals surface area contributed by atoms with Crippen LogP contribution in [0.4, 0.5) is 14.5 Å². The predicted molar refractivity (Wildman–Crippen MR) is 73.2 cm³/mol. The van der Waals surface area contributed by atoms with Gasteiger partial charge in [-0.05, 0) is 23.8 Å². The van der Waals surface area contributed by atoms with Crippen molar-refractivity contribution in [2.24, 2.45) is 5.73 Å². The highest BCUT2D eigenvalue weighted by molar-refractivity contribution is 5.49. The number of anilines is 1. The van der Waals surface area contributed by atoms with Gasteiger partial charge in [-0.3, -0.25) is 0 Å². The van der Waals surface area contributed by atoms with Crippen LogP contribution in [0.15, 0.2) is 42.5 Å². The second kappa shape index (κ2) is 5.36. The van der Waals surface area contributed by atoms with Crippen LogP contribution in [0.5, 0.6) is 0 Å². The topological polar surface area (TPSA) is 29.3 Å². The van der Waals surface area contributed by atoms with Crippen molar-refractivity contribution in [1.29, 1.82) is 0 Å². The van der Waals surface area contributed by atoms with Crippen molar-refractivity contribution in [3.05, 3.63) is 65.2 Å². The molecule has 0 saturated heterocycles. The van der Waals surface area contributed by atoms with E-state index in [1.165, 1.54) is 12.1 Å². The van der Waals surface area contributed by atoms with Gasteiger partial charge in [0.05, 0.1) is 6.04 Å². The second-order valence-corrected chi connectivity index (χ2v) is 4.63. The first-order valence-electron chi connectivity index (χ1n) is 5.97. The maximum absolute atomic E-state index is 13.7. The summed E-state index contributed by atoms with van der Waals surface area (Å²) in [7, 11) is 3.84. The maximum atomic E-state index is 13.7. The predicted octanol–water partition coefficient (Wildman–Crippen LogP) is 3.08. The van der Waals surface area contributed by atoms with Crippen LogP contribution >= 0.6 is 0 Å². The molecule has 0 amide bonds. The van der Waals surface area contributed by atoms with Crippen LogP contribution in [0, 0.1) is 11.6 Å². The summed E-state index contributed by atoms with van der Waals surface area (Å²) >= 11 is 0. The molecule has 0 aromatic heterocycles. The summed E-state index contributed by atoms with van der Waals surface area (Å²) < 4.78 is 26.6. The van der Waals surface area contributed by atoms with E-state index in [-0.39, 0.29) is 5.56 Å². The van der Waals surface area contributed by atoms with E-state index in [0.717, 1.165) is 17.3 Å². The highest BCUT2D eigenvalue weighted by Gasteiger charge is 2.14. The summed E-state index contributed by atoms with van der Waals surface area (Å²) in [4.78, 5) is 1.94. The Kier molecular flexibility index (Phi) is 3.81. The summed E-state index contributed by atoms with van der Waals surface area (Å²) in [5, 5.41) is 0. The summed E-state index contributed by atoms with van der Waals surface area (Å²) in [6.07, 6.45) is 0. The first-order chi connectivity index (χ1) is 8.99. The molecule has 0 fully saturated rings. The van der Waals surface area contributed by atoms with Crippen LogP contribution in [0.3, 0.4) is 0 Å². The number of hydrogen-bond donors (Lipinski definition) is 1. The third-order valence-corrected chi connectivity index (χ3v) is 3.04. The van der Waals surface area contributed by atoms with Crippen molar-refractivity contribution in [3.63, 3.8) is 0 Å². The molecule has 2 aromatic rings. The lowest BCUT2D eigenvalue weighted by Crippen LogP contribution is -2.15. The molecule has 1 unspecified atom stereocenters. The Hall–Kier alpha value is -1.94. The molecule has 19 heavy (non-hydrogen) atoms. The van der Waals surface area contributed by atoms with Crippen molar-refractivity contribution >= 4 is 5.69 Å². The van der Waals surface area contributed by atoms with Gasteiger partial charge in [-0.15, -0.1) is 0 Å². The molecular weight excluding hydrogens is 246 g/mol. The monoisotopic (exact) mass is 262 g/mol. The van der Waals surface area contributed by atoms with Gasteiger partial charge in [0.1, 0.15) is 11.6 Å². The van der Waals surface area contributed by atoms with Gasteiger partial charge in [-0.2, -0.15) is 0 Å². The van der Waals surface area contributed by atoms with E-state index in [1.54, 1.807) is 0 Å². The SMILES string of the molecule is CN(C)c1cccc(C(N)c2ccc(F)cc2F)c1. The molecular formula is C15H16F2N2. The third kappa shape index (κ3) is 2.90. The van der Waals surface area contributed by atoms with Crippen LogP contribution in [-0.2, 0) is 0 Å². The Morgan fingerprint density at radius 3 is 2.42 bits per heavy atom. The van der Waals surface area contributed by atoms with E-state index >= 15 is 0 Å². The number of nitrogens with zero attached hydrogens (tertiary/aromatic N) is 1. The van der Waals surface area contributed by atoms with Crippen molar-refractivity contribution in [2.75, 3.05) is 19.0 Å². The minimum Gasteiger partial charge on any atom is -0.378 e. The van der Waals surface area contributed by atoms with Crippen LogP contribution < -0.4 is 10.6 Å². The summed E-state index contributed by atoms with van der Waals surface area (Å²) in [6.45, 7) is 0. The molecule has 0 heterocycles. The van der Waals surface area contributed by atoms with Crippen molar-refractivity contribution in [1.82, 2.24) is 0 Å². The van der Waals surface area contributed by atoms with E-state index in [9.17, 15) is 8.78 Å². The minimum absolute atomic E-state index is 0.289. The molecule has 0 saturated carbocycles. The quantitative estimate of drug-likeness (QED) is 0.921. The maximum Gasteiger partial charge on any atom is 0.131 e. The largest absolute Gasteiger partial charge is 0.378 e. The lowest BCUT2D eigenvalue weighted by atomic mass is 9.98. The van der Waals surface area contributed by atoms with Gasteiger partial charge in [0.15, 0.2) is 0 Å². The molecule has 100 valence electrons. The minimum atomic E-state index is -0.622. The number of hydrogen-bond acceptors (Lipinski definition) is 2. The fourth-order valence-electron chi connectivity index (χ4n) is 1.93. The van der Waals surface area contributed by atoms with Crippen molar-refractivity contribution < 1.29 is 8.78 Å². The molecule has 0 aliphatic rings. The molecule has 0 bridgehead atoms. The molecule has 2 aromatic carbocycles. The number of halogens is 2. The Morgan fingerprint density at radius 1 is 1.05 bits per heavy atom. The normalized spacial score (nSPS) is 12.3. The van der Waals surface area contributed by atoms with Gasteiger partial charge >= 0.3 is 0 Å². The van der Waals surface area contributed by atoms with E-state index in [4.69, 9.17) is 5.73 Å². The Bertz CT molecular complexity index is 582. The fourth-order valence-corrected chi connectivity index (χ4v) is 1.93. The molecule has 2 rings (SSSR count). The Morgan fingerprint density at radius 2 is 1.79 bits per heavy atom. The number of nitrogens with two attached hydrogens (primary N) is 1. The van der Waals surface area contributed by atoms with E-state index in [0.29, 0.717) is 0 Å². The smallest absolute Gasteiger partial charge is 0.131 e. The fraction of sp³-hybridized carbons (Fsp3) is 0.200. The summed E-state index contributed by atoms with van der Waals surface area (Å²) in [5.41, 5.74) is 8.11. The molecule has 0 radical (unpaired) electrons. The van der Waals surface area contributed by atoms with Gasteiger partial charge in [0, 0.05) is 31.4 Å². The second-order valence-electron chi connectivity index (χ2n) is 4.63. The van der Waals surface area contributed by atoms with Gasteiger partial charge < -0.3 is 10.6 Å². The zero-order valence-corrected chi connectivity index (χ0v) is 10.9. The highest BCUT2D eigenvalue weighted by Crippen LogP contribution is 2.25. The van der Waals surface area contributed by atoms with Crippen molar-refractivity contribution in [3.8, 4) is 0 Å². The highest BCUT2D eigenvalue weighted by atomic mass is 19.1. The number of benzene rings is 2. The molecule has 2 nitrogen and oxygen atoms in total. The average Bonchev–Trinajstić information content (AvgIpc) is 2.38. The van der Waals surface area contributed by atoms with Gasteiger partial charge in [-0.1, -0.05) is 18.2 Å².